The van der Waals surface area contributed by atoms with E-state index >= 15 is 0 Å². The van der Waals surface area contributed by atoms with Crippen molar-refractivity contribution in [3.8, 4) is 5.75 Å². The Hall–Kier alpha value is -0.960. The van der Waals surface area contributed by atoms with Crippen molar-refractivity contribution >= 4 is 35.4 Å². The summed E-state index contributed by atoms with van der Waals surface area (Å²) in [6, 6.07) is 6.99. The van der Waals surface area contributed by atoms with Gasteiger partial charge in [0, 0.05) is 11.5 Å². The number of para-hydroxylation sites is 1. The molecule has 0 saturated carbocycles. The lowest BCUT2D eigenvalue weighted by Crippen LogP contribution is -2.10. The minimum absolute atomic E-state index is 0.228. The van der Waals surface area contributed by atoms with Crippen LogP contribution in [-0.2, 0) is 22.9 Å². The molecule has 0 aliphatic rings. The van der Waals surface area contributed by atoms with Gasteiger partial charge in [-0.2, -0.15) is 0 Å². The highest BCUT2D eigenvalue weighted by Crippen LogP contribution is 2.49. The minimum atomic E-state index is -3.48. The summed E-state index contributed by atoms with van der Waals surface area (Å²) < 4.78 is 38.7. The number of unbranched alkanes of at least 4 members (excludes halogenated alkanes) is 1. The molecule has 1 rings (SSSR count). The summed E-state index contributed by atoms with van der Waals surface area (Å²) in [4.78, 5) is 12.3. The van der Waals surface area contributed by atoms with Gasteiger partial charge < -0.3 is 9.47 Å². The van der Waals surface area contributed by atoms with Crippen LogP contribution in [0.1, 0.15) is 37.0 Å². The number of esters is 1. The normalized spacial score (nSPS) is 11.3. The molecule has 0 aromatic heterocycles. The molecule has 0 bridgehead atoms. The lowest BCUT2D eigenvalue weighted by atomic mass is 10.2. The van der Waals surface area contributed by atoms with Crippen molar-refractivity contribution in [2.75, 3.05) is 44.5 Å². The van der Waals surface area contributed by atoms with Gasteiger partial charge in [-0.1, -0.05) is 39.8 Å². The number of carbonyl (C=O) groups is 1. The second kappa shape index (κ2) is 16.7. The average molecular weight is 479 g/mol. The lowest BCUT2D eigenvalue weighted by molar-refractivity contribution is 0.0525. The van der Waals surface area contributed by atoms with Crippen molar-refractivity contribution < 1.29 is 32.4 Å². The van der Waals surface area contributed by atoms with E-state index in [1.54, 1.807) is 59.7 Å². The maximum atomic E-state index is 12.3. The molecule has 0 unspecified atom stereocenters. The molecule has 0 aliphatic heterocycles. The van der Waals surface area contributed by atoms with E-state index in [0.29, 0.717) is 43.1 Å². The number of benzene rings is 1. The first kappa shape index (κ1) is 27.1. The molecule has 0 radical (unpaired) electrons. The molecule has 0 aliphatic carbocycles. The summed E-state index contributed by atoms with van der Waals surface area (Å²) in [6.07, 6.45) is 3.09. The quantitative estimate of drug-likeness (QED) is 0.0859. The largest absolute Gasteiger partial charge is 0.493 e. The van der Waals surface area contributed by atoms with Crippen molar-refractivity contribution in [2.45, 2.75) is 26.7 Å². The van der Waals surface area contributed by atoms with Gasteiger partial charge in [0.25, 0.3) is 0 Å². The molecule has 10 heteroatoms. The zero-order valence-electron chi connectivity index (χ0n) is 17.6. The summed E-state index contributed by atoms with van der Waals surface area (Å²) in [7, 11) is -0.174. The van der Waals surface area contributed by atoms with E-state index < -0.39 is 13.8 Å². The molecule has 0 spiro atoms. The van der Waals surface area contributed by atoms with Crippen LogP contribution in [0.3, 0.4) is 0 Å². The molecule has 0 N–H and O–H groups in total. The molecule has 30 heavy (non-hydrogen) atoms. The molecule has 1 aromatic rings. The summed E-state index contributed by atoms with van der Waals surface area (Å²) in [6.45, 7) is 8.56. The fraction of sp³-hybridized carbons (Fsp3) is 0.550. The standard InChI is InChI=1S/C20H31O7PS2/c1-4-16-29-30-17-15-24-20(21)18-11-7-8-12-19(18)23-13-9-10-14-27-28(22,25-5-2)26-6-3/h4,7-8,11-12H,1,5-6,9-10,13-17H2,2-3H3. The first-order chi connectivity index (χ1) is 14.6. The molecule has 0 fully saturated rings. The van der Waals surface area contributed by atoms with Gasteiger partial charge in [-0.25, -0.2) is 9.36 Å². The monoisotopic (exact) mass is 478 g/mol. The Kier molecular flexibility index (Phi) is 15.1. The second-order valence-corrected chi connectivity index (χ2v) is 10.00. The average Bonchev–Trinajstić information content (AvgIpc) is 2.73. The Morgan fingerprint density at radius 2 is 1.73 bits per heavy atom. The lowest BCUT2D eigenvalue weighted by Gasteiger charge is -2.16. The van der Waals surface area contributed by atoms with E-state index in [1.807, 2.05) is 6.08 Å². The van der Waals surface area contributed by atoms with Crippen molar-refractivity contribution in [3.05, 3.63) is 42.5 Å². The summed E-state index contributed by atoms with van der Waals surface area (Å²) >= 11 is 0. The van der Waals surface area contributed by atoms with E-state index in [-0.39, 0.29) is 19.8 Å². The fourth-order valence-electron chi connectivity index (χ4n) is 2.15. The maximum absolute atomic E-state index is 12.3. The first-order valence-electron chi connectivity index (χ1n) is 9.84. The zero-order chi connectivity index (χ0) is 22.1. The maximum Gasteiger partial charge on any atom is 0.474 e. The highest BCUT2D eigenvalue weighted by Gasteiger charge is 2.24. The predicted octanol–water partition coefficient (Wildman–Crippen LogP) is 5.77. The topological polar surface area (TPSA) is 80.3 Å². The summed E-state index contributed by atoms with van der Waals surface area (Å²) in [5, 5.41) is 0. The van der Waals surface area contributed by atoms with E-state index in [9.17, 15) is 9.36 Å². The van der Waals surface area contributed by atoms with Crippen LogP contribution in [0.4, 0.5) is 0 Å². The SMILES string of the molecule is C=CCSSCCOC(=O)c1ccccc1OCCCCOP(=O)(OCC)OCC. The van der Waals surface area contributed by atoms with Crippen LogP contribution in [0.2, 0.25) is 0 Å². The third-order valence-corrected chi connectivity index (χ3v) is 7.32. The third kappa shape index (κ3) is 11.4. The Balaban J connectivity index is 2.35. The number of hydrogen-bond donors (Lipinski definition) is 0. The molecular formula is C20H31O7PS2. The van der Waals surface area contributed by atoms with Crippen LogP contribution in [-0.4, -0.2) is 50.5 Å². The van der Waals surface area contributed by atoms with Gasteiger partial charge in [0.1, 0.15) is 17.9 Å². The van der Waals surface area contributed by atoms with Gasteiger partial charge >= 0.3 is 13.8 Å². The van der Waals surface area contributed by atoms with E-state index in [4.69, 9.17) is 23.0 Å². The van der Waals surface area contributed by atoms with Crippen molar-refractivity contribution in [1.29, 1.82) is 0 Å². The Labute approximate surface area is 187 Å². The number of carbonyl (C=O) groups excluding carboxylic acids is 1. The van der Waals surface area contributed by atoms with E-state index in [1.165, 1.54) is 0 Å². The van der Waals surface area contributed by atoms with Crippen molar-refractivity contribution in [2.24, 2.45) is 0 Å². The number of phosphoric ester groups is 1. The Morgan fingerprint density at radius 3 is 2.43 bits per heavy atom. The second-order valence-electron chi connectivity index (χ2n) is 5.70. The van der Waals surface area contributed by atoms with Crippen LogP contribution in [0.25, 0.3) is 0 Å². The highest BCUT2D eigenvalue weighted by molar-refractivity contribution is 8.76. The van der Waals surface area contributed by atoms with Gasteiger partial charge in [0.05, 0.1) is 26.4 Å². The summed E-state index contributed by atoms with van der Waals surface area (Å²) in [5.74, 6) is 1.64. The smallest absolute Gasteiger partial charge is 0.474 e. The molecule has 0 saturated heterocycles. The molecule has 0 atom stereocenters. The van der Waals surface area contributed by atoms with Gasteiger partial charge in [-0.15, -0.1) is 6.58 Å². The Bertz CT molecular complexity index is 662. The van der Waals surface area contributed by atoms with E-state index in [0.717, 1.165) is 5.75 Å². The Morgan fingerprint density at radius 1 is 1.03 bits per heavy atom. The van der Waals surface area contributed by atoms with Gasteiger partial charge in [-0.3, -0.25) is 13.6 Å². The minimum Gasteiger partial charge on any atom is -0.493 e. The fourth-order valence-corrected chi connectivity index (χ4v) is 4.96. The van der Waals surface area contributed by atoms with Crippen LogP contribution >= 0.6 is 29.4 Å². The molecular weight excluding hydrogens is 447 g/mol. The van der Waals surface area contributed by atoms with Crippen LogP contribution in [0.5, 0.6) is 5.75 Å². The van der Waals surface area contributed by atoms with E-state index in [2.05, 4.69) is 6.58 Å². The molecule has 0 amide bonds. The first-order valence-corrected chi connectivity index (χ1v) is 13.8. The third-order valence-electron chi connectivity index (χ3n) is 3.40. The van der Waals surface area contributed by atoms with Crippen LogP contribution in [0, 0.1) is 0 Å². The molecule has 7 nitrogen and oxygen atoms in total. The molecule has 1 aromatic carbocycles. The van der Waals surface area contributed by atoms with Gasteiger partial charge in [-0.05, 0) is 38.8 Å². The number of hydrogen-bond acceptors (Lipinski definition) is 9. The van der Waals surface area contributed by atoms with Gasteiger partial charge in [0.2, 0.25) is 0 Å². The summed E-state index contributed by atoms with van der Waals surface area (Å²) in [5.41, 5.74) is 0.398. The number of phosphoric acid groups is 1. The number of ether oxygens (including phenoxy) is 2. The number of rotatable bonds is 18. The predicted molar refractivity (Wildman–Crippen MR) is 123 cm³/mol. The molecule has 170 valence electrons. The molecule has 0 heterocycles. The van der Waals surface area contributed by atoms with Gasteiger partial charge in [0.15, 0.2) is 0 Å². The highest BCUT2D eigenvalue weighted by atomic mass is 33.1. The van der Waals surface area contributed by atoms with Crippen molar-refractivity contribution in [3.63, 3.8) is 0 Å². The van der Waals surface area contributed by atoms with Crippen molar-refractivity contribution in [1.82, 2.24) is 0 Å². The van der Waals surface area contributed by atoms with Crippen LogP contribution < -0.4 is 4.74 Å². The zero-order valence-corrected chi connectivity index (χ0v) is 20.1. The van der Waals surface area contributed by atoms with Crippen LogP contribution in [0.15, 0.2) is 36.9 Å².